The Morgan fingerprint density at radius 2 is 1.69 bits per heavy atom. The number of methoxy groups -OCH3 is 2. The standard InChI is InChI=1S/C20H36N4O2/c1-6-24(7-2)15-9-8-13-22-20(21-3)23-14-12-17-10-11-18(25-4)19(16-17)26-5/h10-11,16H,6-9,12-15H2,1-5H3,(H2,21,22,23). The molecule has 1 rings (SSSR count). The number of guanidine groups is 1. The molecule has 0 spiro atoms. The number of unbranched alkanes of at least 4 members (excludes halogenated alkanes) is 1. The second-order valence-corrected chi connectivity index (χ2v) is 6.10. The Kier molecular flexibility index (Phi) is 11.3. The molecular weight excluding hydrogens is 328 g/mol. The third-order valence-electron chi connectivity index (χ3n) is 4.47. The maximum atomic E-state index is 5.35. The highest BCUT2D eigenvalue weighted by molar-refractivity contribution is 5.79. The van der Waals surface area contributed by atoms with Gasteiger partial charge in [-0.15, -0.1) is 0 Å². The quantitative estimate of drug-likeness (QED) is 0.339. The van der Waals surface area contributed by atoms with Gasteiger partial charge in [0.15, 0.2) is 17.5 Å². The van der Waals surface area contributed by atoms with Crippen LogP contribution in [0.3, 0.4) is 0 Å². The van der Waals surface area contributed by atoms with Crippen LogP contribution in [0.25, 0.3) is 0 Å². The van der Waals surface area contributed by atoms with Crippen LogP contribution in [0.4, 0.5) is 0 Å². The maximum absolute atomic E-state index is 5.35. The summed E-state index contributed by atoms with van der Waals surface area (Å²) in [5.74, 6) is 2.38. The minimum atomic E-state index is 0.756. The molecule has 0 aliphatic rings. The van der Waals surface area contributed by atoms with Gasteiger partial charge in [0.1, 0.15) is 0 Å². The van der Waals surface area contributed by atoms with Gasteiger partial charge in [0.05, 0.1) is 14.2 Å². The SMILES string of the molecule is CCN(CC)CCCCNC(=NC)NCCc1ccc(OC)c(OC)c1. The van der Waals surface area contributed by atoms with E-state index in [0.29, 0.717) is 0 Å². The Morgan fingerprint density at radius 3 is 2.31 bits per heavy atom. The topological polar surface area (TPSA) is 58.1 Å². The summed E-state index contributed by atoms with van der Waals surface area (Å²) in [6.45, 7) is 9.61. The molecule has 1 aromatic rings. The van der Waals surface area contributed by atoms with Crippen LogP contribution < -0.4 is 20.1 Å². The summed E-state index contributed by atoms with van der Waals surface area (Å²) in [5.41, 5.74) is 1.20. The summed E-state index contributed by atoms with van der Waals surface area (Å²) >= 11 is 0. The summed E-state index contributed by atoms with van der Waals surface area (Å²) in [6, 6.07) is 6.02. The van der Waals surface area contributed by atoms with Gasteiger partial charge in [-0.05, 0) is 56.6 Å². The minimum absolute atomic E-state index is 0.756. The van der Waals surface area contributed by atoms with Gasteiger partial charge in [-0.1, -0.05) is 19.9 Å². The molecule has 0 saturated heterocycles. The van der Waals surface area contributed by atoms with Gasteiger partial charge >= 0.3 is 0 Å². The van der Waals surface area contributed by atoms with Crippen molar-refractivity contribution in [2.45, 2.75) is 33.1 Å². The highest BCUT2D eigenvalue weighted by atomic mass is 16.5. The van der Waals surface area contributed by atoms with E-state index in [-0.39, 0.29) is 0 Å². The van der Waals surface area contributed by atoms with Crippen molar-refractivity contribution in [2.75, 3.05) is 54.0 Å². The molecule has 2 N–H and O–H groups in total. The second-order valence-electron chi connectivity index (χ2n) is 6.10. The van der Waals surface area contributed by atoms with Gasteiger partial charge < -0.3 is 25.0 Å². The monoisotopic (exact) mass is 364 g/mol. The molecule has 0 unspecified atom stereocenters. The second kappa shape index (κ2) is 13.3. The zero-order valence-corrected chi connectivity index (χ0v) is 17.1. The van der Waals surface area contributed by atoms with E-state index in [1.54, 1.807) is 14.2 Å². The fraction of sp³-hybridized carbons (Fsp3) is 0.650. The summed E-state index contributed by atoms with van der Waals surface area (Å²) in [4.78, 5) is 6.74. The number of nitrogens with one attached hydrogen (secondary N) is 2. The molecule has 26 heavy (non-hydrogen) atoms. The van der Waals surface area contributed by atoms with E-state index in [9.17, 15) is 0 Å². The van der Waals surface area contributed by atoms with Crippen LogP contribution in [0.2, 0.25) is 0 Å². The molecular formula is C20H36N4O2. The first-order chi connectivity index (χ1) is 12.7. The normalized spacial score (nSPS) is 11.5. The number of hydrogen-bond acceptors (Lipinski definition) is 4. The van der Waals surface area contributed by atoms with E-state index < -0.39 is 0 Å². The Labute approximate surface area is 159 Å². The van der Waals surface area contributed by atoms with Gasteiger partial charge in [0, 0.05) is 20.1 Å². The number of rotatable bonds is 12. The number of hydrogen-bond donors (Lipinski definition) is 2. The van der Waals surface area contributed by atoms with E-state index in [2.05, 4.69) is 40.4 Å². The van der Waals surface area contributed by atoms with Gasteiger partial charge in [-0.2, -0.15) is 0 Å². The van der Waals surface area contributed by atoms with Crippen LogP contribution >= 0.6 is 0 Å². The van der Waals surface area contributed by atoms with Crippen LogP contribution in [0.1, 0.15) is 32.3 Å². The predicted octanol–water partition coefficient (Wildman–Crippen LogP) is 2.53. The average Bonchev–Trinajstić information content (AvgIpc) is 2.69. The van der Waals surface area contributed by atoms with Crippen molar-refractivity contribution in [1.29, 1.82) is 0 Å². The first kappa shape index (κ1) is 22.1. The van der Waals surface area contributed by atoms with Crippen molar-refractivity contribution in [3.8, 4) is 11.5 Å². The molecule has 0 atom stereocenters. The number of ether oxygens (including phenoxy) is 2. The molecule has 0 aliphatic carbocycles. The van der Waals surface area contributed by atoms with Crippen molar-refractivity contribution in [3.05, 3.63) is 23.8 Å². The van der Waals surface area contributed by atoms with Crippen LogP contribution in [0, 0.1) is 0 Å². The molecule has 0 aliphatic heterocycles. The lowest BCUT2D eigenvalue weighted by Crippen LogP contribution is -2.39. The number of aliphatic imine (C=N–C) groups is 1. The zero-order chi connectivity index (χ0) is 19.2. The molecule has 148 valence electrons. The smallest absolute Gasteiger partial charge is 0.190 e. The van der Waals surface area contributed by atoms with Gasteiger partial charge in [0.25, 0.3) is 0 Å². The fourth-order valence-corrected chi connectivity index (χ4v) is 2.79. The zero-order valence-electron chi connectivity index (χ0n) is 17.1. The summed E-state index contributed by atoms with van der Waals surface area (Å²) < 4.78 is 10.6. The molecule has 0 saturated carbocycles. The number of benzene rings is 1. The summed E-state index contributed by atoms with van der Waals surface area (Å²) in [6.07, 6.45) is 3.24. The fourth-order valence-electron chi connectivity index (χ4n) is 2.79. The molecule has 0 heterocycles. The lowest BCUT2D eigenvalue weighted by molar-refractivity contribution is 0.297. The molecule has 1 aromatic carbocycles. The highest BCUT2D eigenvalue weighted by Gasteiger charge is 2.05. The van der Waals surface area contributed by atoms with E-state index >= 15 is 0 Å². The average molecular weight is 365 g/mol. The van der Waals surface area contributed by atoms with E-state index in [0.717, 1.165) is 56.5 Å². The molecule has 0 radical (unpaired) electrons. The van der Waals surface area contributed by atoms with Crippen LogP contribution in [0.15, 0.2) is 23.2 Å². The lowest BCUT2D eigenvalue weighted by atomic mass is 10.1. The Bertz CT molecular complexity index is 531. The lowest BCUT2D eigenvalue weighted by Gasteiger charge is -2.18. The van der Waals surface area contributed by atoms with Crippen LogP contribution in [0.5, 0.6) is 11.5 Å². The molecule has 6 nitrogen and oxygen atoms in total. The minimum Gasteiger partial charge on any atom is -0.493 e. The molecule has 0 aromatic heterocycles. The molecule has 0 bridgehead atoms. The first-order valence-corrected chi connectivity index (χ1v) is 9.56. The highest BCUT2D eigenvalue weighted by Crippen LogP contribution is 2.27. The van der Waals surface area contributed by atoms with Crippen molar-refractivity contribution >= 4 is 5.96 Å². The van der Waals surface area contributed by atoms with E-state index in [1.807, 2.05) is 19.2 Å². The molecule has 0 amide bonds. The maximum Gasteiger partial charge on any atom is 0.190 e. The Balaban J connectivity index is 2.28. The van der Waals surface area contributed by atoms with Gasteiger partial charge in [-0.3, -0.25) is 4.99 Å². The van der Waals surface area contributed by atoms with Gasteiger partial charge in [-0.25, -0.2) is 0 Å². The van der Waals surface area contributed by atoms with Crippen molar-refractivity contribution in [1.82, 2.24) is 15.5 Å². The first-order valence-electron chi connectivity index (χ1n) is 9.56. The van der Waals surface area contributed by atoms with Crippen molar-refractivity contribution < 1.29 is 9.47 Å². The van der Waals surface area contributed by atoms with E-state index in [4.69, 9.17) is 9.47 Å². The van der Waals surface area contributed by atoms with Crippen molar-refractivity contribution in [2.24, 2.45) is 4.99 Å². The molecule has 0 fully saturated rings. The van der Waals surface area contributed by atoms with E-state index in [1.165, 1.54) is 18.5 Å². The summed E-state index contributed by atoms with van der Waals surface area (Å²) in [7, 11) is 5.12. The molecule has 6 heteroatoms. The Hall–Kier alpha value is -1.95. The third kappa shape index (κ3) is 7.95. The largest absolute Gasteiger partial charge is 0.493 e. The summed E-state index contributed by atoms with van der Waals surface area (Å²) in [5, 5.41) is 6.74. The Morgan fingerprint density at radius 1 is 1.00 bits per heavy atom. The predicted molar refractivity (Wildman–Crippen MR) is 110 cm³/mol. The third-order valence-corrected chi connectivity index (χ3v) is 4.47. The van der Waals surface area contributed by atoms with Crippen molar-refractivity contribution in [3.63, 3.8) is 0 Å². The number of nitrogens with zero attached hydrogens (tertiary/aromatic N) is 2. The van der Waals surface area contributed by atoms with Crippen LogP contribution in [-0.4, -0.2) is 64.9 Å². The van der Waals surface area contributed by atoms with Gasteiger partial charge in [0.2, 0.25) is 0 Å². The van der Waals surface area contributed by atoms with Crippen LogP contribution in [-0.2, 0) is 6.42 Å².